The lowest BCUT2D eigenvalue weighted by atomic mass is 10.1. The van der Waals surface area contributed by atoms with Crippen molar-refractivity contribution >= 4 is 17.4 Å². The molecule has 1 aliphatic rings. The second-order valence-electron chi connectivity index (χ2n) is 7.07. The lowest BCUT2D eigenvalue weighted by molar-refractivity contribution is -0.385. The highest BCUT2D eigenvalue weighted by Crippen LogP contribution is 2.18. The van der Waals surface area contributed by atoms with Gasteiger partial charge >= 0.3 is 0 Å². The summed E-state index contributed by atoms with van der Waals surface area (Å²) in [5.74, 6) is 0.735. The molecule has 2 heterocycles. The van der Waals surface area contributed by atoms with Crippen LogP contribution in [0.2, 0.25) is 0 Å². The quantitative estimate of drug-likeness (QED) is 0.528. The van der Waals surface area contributed by atoms with Crippen molar-refractivity contribution in [1.29, 1.82) is 0 Å². The summed E-state index contributed by atoms with van der Waals surface area (Å²) in [6, 6.07) is 11.0. The first-order valence-corrected chi connectivity index (χ1v) is 9.97. The van der Waals surface area contributed by atoms with Gasteiger partial charge in [-0.1, -0.05) is 26.0 Å². The number of benzene rings is 1. The van der Waals surface area contributed by atoms with Crippen molar-refractivity contribution < 1.29 is 9.72 Å². The summed E-state index contributed by atoms with van der Waals surface area (Å²) in [6.07, 6.45) is 1.27. The number of nitro groups is 1. The van der Waals surface area contributed by atoms with Gasteiger partial charge in [0.15, 0.2) is 0 Å². The Morgan fingerprint density at radius 2 is 1.72 bits per heavy atom. The molecule has 0 aliphatic carbocycles. The van der Waals surface area contributed by atoms with Crippen LogP contribution >= 0.6 is 0 Å². The van der Waals surface area contributed by atoms with Crippen LogP contribution in [0.25, 0.3) is 0 Å². The summed E-state index contributed by atoms with van der Waals surface area (Å²) in [5.41, 5.74) is 1.89. The van der Waals surface area contributed by atoms with E-state index >= 15 is 0 Å². The minimum Gasteiger partial charge on any atom is -0.353 e. The van der Waals surface area contributed by atoms with Gasteiger partial charge in [-0.25, -0.2) is 4.98 Å². The molecule has 29 heavy (non-hydrogen) atoms. The molecular formula is C21H27N5O3. The summed E-state index contributed by atoms with van der Waals surface area (Å²) < 4.78 is 0. The molecule has 8 nitrogen and oxygen atoms in total. The monoisotopic (exact) mass is 397 g/mol. The van der Waals surface area contributed by atoms with Crippen LogP contribution in [0.3, 0.4) is 0 Å². The van der Waals surface area contributed by atoms with Crippen molar-refractivity contribution in [3.8, 4) is 0 Å². The van der Waals surface area contributed by atoms with Crippen LogP contribution in [0.1, 0.15) is 29.8 Å². The zero-order chi connectivity index (χ0) is 20.8. The number of hydrogen-bond donors (Lipinski definition) is 0. The smallest absolute Gasteiger partial charge is 0.287 e. The Morgan fingerprint density at radius 3 is 2.24 bits per heavy atom. The zero-order valence-electron chi connectivity index (χ0n) is 17.0. The molecule has 1 fully saturated rings. The topological polar surface area (TPSA) is 82.8 Å². The number of aromatic nitrogens is 1. The molecule has 1 saturated heterocycles. The van der Waals surface area contributed by atoms with E-state index in [1.54, 1.807) is 6.07 Å². The highest BCUT2D eigenvalue weighted by molar-refractivity contribution is 5.94. The maximum atomic E-state index is 12.8. The molecule has 154 valence electrons. The van der Waals surface area contributed by atoms with Crippen LogP contribution in [0.4, 0.5) is 11.5 Å². The molecule has 0 bridgehead atoms. The first kappa shape index (κ1) is 20.7. The third kappa shape index (κ3) is 5.08. The number of carbonyl (C=O) groups is 1. The van der Waals surface area contributed by atoms with Crippen molar-refractivity contribution in [2.75, 3.05) is 44.2 Å². The van der Waals surface area contributed by atoms with Gasteiger partial charge in [0.1, 0.15) is 12.0 Å². The second-order valence-corrected chi connectivity index (χ2v) is 7.07. The Balaban J connectivity index is 1.56. The number of anilines is 1. The summed E-state index contributed by atoms with van der Waals surface area (Å²) >= 11 is 0. The lowest BCUT2D eigenvalue weighted by Gasteiger charge is -2.35. The minimum absolute atomic E-state index is 0.0213. The standard InChI is InChI=1S/C21H27N5O3/c1-3-23(4-2)16-17-5-7-18(8-6-17)21(27)25-13-11-24(12-14-25)20-10-9-19(15-22-20)26(28)29/h5-10,15H,3-4,11-14,16H2,1-2H3. The Labute approximate surface area is 170 Å². The third-order valence-electron chi connectivity index (χ3n) is 5.34. The average Bonchev–Trinajstić information content (AvgIpc) is 2.77. The van der Waals surface area contributed by atoms with E-state index in [9.17, 15) is 14.9 Å². The average molecular weight is 397 g/mol. The summed E-state index contributed by atoms with van der Waals surface area (Å²) in [5, 5.41) is 10.8. The minimum atomic E-state index is -0.458. The van der Waals surface area contributed by atoms with Gasteiger partial charge in [-0.05, 0) is 36.9 Å². The van der Waals surface area contributed by atoms with E-state index < -0.39 is 4.92 Å². The molecule has 3 rings (SSSR count). The van der Waals surface area contributed by atoms with E-state index in [2.05, 4.69) is 23.7 Å². The van der Waals surface area contributed by atoms with E-state index in [-0.39, 0.29) is 11.6 Å². The van der Waals surface area contributed by atoms with Crippen molar-refractivity contribution in [1.82, 2.24) is 14.8 Å². The van der Waals surface area contributed by atoms with Gasteiger partial charge in [-0.2, -0.15) is 0 Å². The van der Waals surface area contributed by atoms with E-state index in [0.717, 1.165) is 19.6 Å². The molecule has 2 aromatic rings. The van der Waals surface area contributed by atoms with E-state index in [1.165, 1.54) is 17.8 Å². The fourth-order valence-corrected chi connectivity index (χ4v) is 3.45. The lowest BCUT2D eigenvalue weighted by Crippen LogP contribution is -2.49. The van der Waals surface area contributed by atoms with Crippen LogP contribution in [0.15, 0.2) is 42.6 Å². The van der Waals surface area contributed by atoms with Gasteiger partial charge < -0.3 is 9.80 Å². The van der Waals surface area contributed by atoms with Gasteiger partial charge in [0, 0.05) is 44.4 Å². The van der Waals surface area contributed by atoms with Crippen molar-refractivity contribution in [2.45, 2.75) is 20.4 Å². The molecule has 0 atom stereocenters. The number of hydrogen-bond acceptors (Lipinski definition) is 6. The predicted molar refractivity (Wildman–Crippen MR) is 112 cm³/mol. The Kier molecular flexibility index (Phi) is 6.77. The van der Waals surface area contributed by atoms with Crippen LogP contribution in [-0.2, 0) is 6.54 Å². The van der Waals surface area contributed by atoms with Crippen LogP contribution in [0.5, 0.6) is 0 Å². The fraction of sp³-hybridized carbons (Fsp3) is 0.429. The molecule has 1 aliphatic heterocycles. The molecule has 0 unspecified atom stereocenters. The van der Waals surface area contributed by atoms with Crippen molar-refractivity contribution in [3.63, 3.8) is 0 Å². The van der Waals surface area contributed by atoms with E-state index in [4.69, 9.17) is 0 Å². The van der Waals surface area contributed by atoms with Crippen molar-refractivity contribution in [2.24, 2.45) is 0 Å². The first-order valence-electron chi connectivity index (χ1n) is 9.97. The molecule has 8 heteroatoms. The van der Waals surface area contributed by atoms with Crippen molar-refractivity contribution in [3.05, 3.63) is 63.8 Å². The summed E-state index contributed by atoms with van der Waals surface area (Å²) in [6.45, 7) is 9.68. The highest BCUT2D eigenvalue weighted by atomic mass is 16.6. The third-order valence-corrected chi connectivity index (χ3v) is 5.34. The molecule has 1 aromatic heterocycles. The fourth-order valence-electron chi connectivity index (χ4n) is 3.45. The van der Waals surface area contributed by atoms with Gasteiger partial charge in [-0.3, -0.25) is 19.8 Å². The zero-order valence-corrected chi connectivity index (χ0v) is 17.0. The number of piperazine rings is 1. The summed E-state index contributed by atoms with van der Waals surface area (Å²) in [4.78, 5) is 33.5. The van der Waals surface area contributed by atoms with Gasteiger partial charge in [0.2, 0.25) is 0 Å². The largest absolute Gasteiger partial charge is 0.353 e. The van der Waals surface area contributed by atoms with Gasteiger partial charge in [0.05, 0.1) is 4.92 Å². The van der Waals surface area contributed by atoms with E-state index in [0.29, 0.717) is 37.6 Å². The van der Waals surface area contributed by atoms with Gasteiger partial charge in [0.25, 0.3) is 11.6 Å². The number of nitrogens with zero attached hydrogens (tertiary/aromatic N) is 5. The second kappa shape index (κ2) is 9.47. The number of carbonyl (C=O) groups excluding carboxylic acids is 1. The number of rotatable bonds is 7. The molecule has 1 aromatic carbocycles. The molecular weight excluding hydrogens is 370 g/mol. The SMILES string of the molecule is CCN(CC)Cc1ccc(C(=O)N2CCN(c3ccc([N+](=O)[O-])cn3)CC2)cc1. The number of pyridine rings is 1. The molecule has 0 N–H and O–H groups in total. The van der Waals surface area contributed by atoms with E-state index in [1.807, 2.05) is 34.1 Å². The maximum absolute atomic E-state index is 12.8. The number of amides is 1. The van der Waals surface area contributed by atoms with Crippen LogP contribution in [0, 0.1) is 10.1 Å². The first-order chi connectivity index (χ1) is 14.0. The molecule has 0 saturated carbocycles. The molecule has 0 spiro atoms. The normalized spacial score (nSPS) is 14.3. The highest BCUT2D eigenvalue weighted by Gasteiger charge is 2.23. The van der Waals surface area contributed by atoms with Gasteiger partial charge in [-0.15, -0.1) is 0 Å². The Morgan fingerprint density at radius 1 is 1.07 bits per heavy atom. The Bertz CT molecular complexity index is 826. The van der Waals surface area contributed by atoms with Crippen LogP contribution < -0.4 is 4.90 Å². The maximum Gasteiger partial charge on any atom is 0.287 e. The molecule has 1 amide bonds. The van der Waals surface area contributed by atoms with Crippen LogP contribution in [-0.4, -0.2) is 64.9 Å². The Hall–Kier alpha value is -3.00. The molecule has 0 radical (unpaired) electrons. The predicted octanol–water partition coefficient (Wildman–Crippen LogP) is 2.79. The summed E-state index contributed by atoms with van der Waals surface area (Å²) in [7, 11) is 0.